The van der Waals surface area contributed by atoms with Gasteiger partial charge in [-0.3, -0.25) is 4.79 Å². The molecule has 5 heteroatoms. The molecule has 0 spiro atoms. The van der Waals surface area contributed by atoms with Crippen LogP contribution in [0, 0.1) is 5.92 Å². The first kappa shape index (κ1) is 14.8. The molecule has 0 bridgehead atoms. The van der Waals surface area contributed by atoms with Crippen LogP contribution in [0.3, 0.4) is 0 Å². The van der Waals surface area contributed by atoms with E-state index in [0.717, 1.165) is 11.3 Å². The van der Waals surface area contributed by atoms with Crippen LogP contribution in [0.1, 0.15) is 24.9 Å². The summed E-state index contributed by atoms with van der Waals surface area (Å²) in [6.07, 6.45) is -0.835. The number of hydrogen-bond acceptors (Lipinski definition) is 3. The maximum Gasteiger partial charge on any atom is 0.223 e. The molecular weight excluding hydrogens is 261 g/mol. The first-order chi connectivity index (χ1) is 9.56. The maximum atomic E-state index is 12.5. The van der Waals surface area contributed by atoms with Crippen molar-refractivity contribution in [2.24, 2.45) is 5.92 Å². The highest BCUT2D eigenvalue weighted by atomic mass is 19.1. The van der Waals surface area contributed by atoms with Gasteiger partial charge in [0.25, 0.3) is 0 Å². The fourth-order valence-electron chi connectivity index (χ4n) is 2.58. The van der Waals surface area contributed by atoms with Crippen LogP contribution in [-0.2, 0) is 4.79 Å². The third-order valence-electron chi connectivity index (χ3n) is 3.96. The lowest BCUT2D eigenvalue weighted by molar-refractivity contribution is -0.129. The second kappa shape index (κ2) is 6.22. The number of hydrogen-bond donors (Lipinski definition) is 1. The first-order valence-electron chi connectivity index (χ1n) is 6.74. The van der Waals surface area contributed by atoms with E-state index in [1.54, 1.807) is 12.0 Å². The molecule has 0 aliphatic carbocycles. The lowest BCUT2D eigenvalue weighted by Gasteiger charge is -2.26. The summed E-state index contributed by atoms with van der Waals surface area (Å²) in [7, 11) is 1.60. The predicted molar refractivity (Wildman–Crippen MR) is 73.2 cm³/mol. The number of carbonyl (C=O) groups excluding carboxylic acids is 1. The summed E-state index contributed by atoms with van der Waals surface area (Å²) in [5.41, 5.74) is 0.995. The van der Waals surface area contributed by atoms with Crippen LogP contribution in [0.15, 0.2) is 24.3 Å². The summed E-state index contributed by atoms with van der Waals surface area (Å²) < 4.78 is 17.6. The van der Waals surface area contributed by atoms with Crippen LogP contribution in [0.25, 0.3) is 0 Å². The summed E-state index contributed by atoms with van der Waals surface area (Å²) in [6.45, 7) is 1.53. The second-order valence-electron chi connectivity index (χ2n) is 5.18. The van der Waals surface area contributed by atoms with Crippen LogP contribution < -0.4 is 4.74 Å². The van der Waals surface area contributed by atoms with Gasteiger partial charge in [0, 0.05) is 18.9 Å². The topological polar surface area (TPSA) is 49.8 Å². The van der Waals surface area contributed by atoms with Gasteiger partial charge in [-0.2, -0.15) is 0 Å². The molecule has 0 radical (unpaired) electrons. The molecule has 1 fully saturated rings. The Morgan fingerprint density at radius 1 is 1.45 bits per heavy atom. The molecule has 1 heterocycles. The van der Waals surface area contributed by atoms with Gasteiger partial charge in [-0.1, -0.05) is 12.1 Å². The molecule has 4 nitrogen and oxygen atoms in total. The third kappa shape index (κ3) is 2.93. The van der Waals surface area contributed by atoms with Gasteiger partial charge in [0.05, 0.1) is 19.3 Å². The molecule has 3 unspecified atom stereocenters. The van der Waals surface area contributed by atoms with Gasteiger partial charge in [-0.05, 0) is 24.6 Å². The Balaban J connectivity index is 2.08. The number of amides is 1. The second-order valence-corrected chi connectivity index (χ2v) is 5.18. The lowest BCUT2D eigenvalue weighted by Crippen LogP contribution is -2.30. The van der Waals surface area contributed by atoms with Crippen LogP contribution in [0.5, 0.6) is 5.75 Å². The quantitative estimate of drug-likeness (QED) is 0.897. The van der Waals surface area contributed by atoms with Gasteiger partial charge in [0.1, 0.15) is 12.4 Å². The number of aliphatic hydroxyl groups is 1. The molecule has 1 saturated heterocycles. The number of carbonyl (C=O) groups is 1. The Morgan fingerprint density at radius 3 is 2.65 bits per heavy atom. The maximum absolute atomic E-state index is 12.5. The zero-order valence-corrected chi connectivity index (χ0v) is 11.8. The van der Waals surface area contributed by atoms with Crippen LogP contribution in [-0.4, -0.2) is 42.3 Å². The van der Waals surface area contributed by atoms with E-state index in [0.29, 0.717) is 6.54 Å². The van der Waals surface area contributed by atoms with E-state index in [4.69, 9.17) is 4.74 Å². The van der Waals surface area contributed by atoms with Gasteiger partial charge in [-0.25, -0.2) is 4.39 Å². The molecule has 1 aliphatic heterocycles. The van der Waals surface area contributed by atoms with Crippen LogP contribution >= 0.6 is 0 Å². The van der Waals surface area contributed by atoms with Crippen molar-refractivity contribution in [2.75, 3.05) is 20.3 Å². The Hall–Kier alpha value is -1.62. The molecule has 110 valence electrons. The molecule has 1 aliphatic rings. The van der Waals surface area contributed by atoms with E-state index >= 15 is 0 Å². The molecule has 2 rings (SSSR count). The normalized spacial score (nSPS) is 21.9. The van der Waals surface area contributed by atoms with Gasteiger partial charge in [0.2, 0.25) is 5.91 Å². The van der Waals surface area contributed by atoms with E-state index in [9.17, 15) is 14.3 Å². The number of benzene rings is 1. The Morgan fingerprint density at radius 2 is 2.10 bits per heavy atom. The molecular formula is C15H20FNO3. The van der Waals surface area contributed by atoms with Gasteiger partial charge in [0.15, 0.2) is 0 Å². The highest BCUT2D eigenvalue weighted by Gasteiger charge is 2.36. The minimum Gasteiger partial charge on any atom is -0.497 e. The number of likely N-dealkylation sites (tertiary alicyclic amines) is 1. The molecule has 0 saturated carbocycles. The molecule has 1 aromatic rings. The van der Waals surface area contributed by atoms with Gasteiger partial charge >= 0.3 is 0 Å². The van der Waals surface area contributed by atoms with E-state index < -0.39 is 12.8 Å². The molecule has 1 aromatic carbocycles. The standard InChI is InChI=1S/C15H20FNO3/c1-10(11-3-5-13(20-2)6-4-11)17-9-12(7-15(17)19)14(18)8-16/h3-6,10,12,14,18H,7-9H2,1-2H3. The SMILES string of the molecule is COc1ccc(C(C)N2CC(C(O)CF)CC2=O)cc1. The Labute approximate surface area is 118 Å². The van der Waals surface area contributed by atoms with Crippen molar-refractivity contribution in [3.63, 3.8) is 0 Å². The zero-order valence-electron chi connectivity index (χ0n) is 11.8. The Kier molecular flexibility index (Phi) is 4.60. The number of aliphatic hydroxyl groups excluding tert-OH is 1. The van der Waals surface area contributed by atoms with Crippen molar-refractivity contribution in [1.82, 2.24) is 4.90 Å². The monoisotopic (exact) mass is 281 g/mol. The van der Waals surface area contributed by atoms with Crippen LogP contribution in [0.2, 0.25) is 0 Å². The number of alkyl halides is 1. The number of nitrogens with zero attached hydrogens (tertiary/aromatic N) is 1. The molecule has 0 aromatic heterocycles. The van der Waals surface area contributed by atoms with E-state index in [-0.39, 0.29) is 24.3 Å². The summed E-state index contributed by atoms with van der Waals surface area (Å²) in [4.78, 5) is 13.7. The fourth-order valence-corrected chi connectivity index (χ4v) is 2.58. The minimum absolute atomic E-state index is 0.0363. The molecule has 1 N–H and O–H groups in total. The number of halogens is 1. The van der Waals surface area contributed by atoms with Crippen molar-refractivity contribution in [2.45, 2.75) is 25.5 Å². The van der Waals surface area contributed by atoms with Crippen molar-refractivity contribution in [1.29, 1.82) is 0 Å². The molecule has 3 atom stereocenters. The summed E-state index contributed by atoms with van der Waals surface area (Å²) >= 11 is 0. The molecule has 1 amide bonds. The average molecular weight is 281 g/mol. The van der Waals surface area contributed by atoms with Crippen LogP contribution in [0.4, 0.5) is 4.39 Å². The number of rotatable bonds is 5. The predicted octanol–water partition coefficient (Wildman–Crippen LogP) is 1.94. The van der Waals surface area contributed by atoms with Crippen molar-refractivity contribution in [3.8, 4) is 5.75 Å². The van der Waals surface area contributed by atoms with E-state index in [1.807, 2.05) is 31.2 Å². The van der Waals surface area contributed by atoms with E-state index in [1.165, 1.54) is 0 Å². The van der Waals surface area contributed by atoms with E-state index in [2.05, 4.69) is 0 Å². The lowest BCUT2D eigenvalue weighted by atomic mass is 10.0. The highest BCUT2D eigenvalue weighted by Crippen LogP contribution is 2.30. The van der Waals surface area contributed by atoms with Gasteiger partial charge in [-0.15, -0.1) is 0 Å². The highest BCUT2D eigenvalue weighted by molar-refractivity contribution is 5.79. The average Bonchev–Trinajstić information content (AvgIpc) is 2.87. The smallest absolute Gasteiger partial charge is 0.223 e. The number of ether oxygens (including phenoxy) is 1. The molecule has 20 heavy (non-hydrogen) atoms. The largest absolute Gasteiger partial charge is 0.497 e. The summed E-state index contributed by atoms with van der Waals surface area (Å²) in [5.74, 6) is 0.415. The number of methoxy groups -OCH3 is 1. The minimum atomic E-state index is -1.05. The van der Waals surface area contributed by atoms with Crippen molar-refractivity contribution >= 4 is 5.91 Å². The zero-order chi connectivity index (χ0) is 14.7. The van der Waals surface area contributed by atoms with Gasteiger partial charge < -0.3 is 14.7 Å². The Bertz CT molecular complexity index is 463. The summed E-state index contributed by atoms with van der Waals surface area (Å²) in [6, 6.07) is 7.43. The fraction of sp³-hybridized carbons (Fsp3) is 0.533. The van der Waals surface area contributed by atoms with Crippen molar-refractivity contribution in [3.05, 3.63) is 29.8 Å². The van der Waals surface area contributed by atoms with Crippen molar-refractivity contribution < 1.29 is 19.0 Å². The summed E-state index contributed by atoms with van der Waals surface area (Å²) in [5, 5.41) is 9.54. The first-order valence-corrected chi connectivity index (χ1v) is 6.74. The third-order valence-corrected chi connectivity index (χ3v) is 3.96.